The van der Waals surface area contributed by atoms with Crippen LogP contribution < -0.4 is 10.6 Å². The predicted octanol–water partition coefficient (Wildman–Crippen LogP) is 4.61. The Labute approximate surface area is 171 Å². The van der Waals surface area contributed by atoms with Crippen LogP contribution in [0.1, 0.15) is 13.8 Å². The number of aromatic nitrogens is 3. The Hall–Kier alpha value is -2.58. The largest absolute Gasteiger partial charge is 0.394 e. The minimum absolute atomic E-state index is 0.0428. The van der Waals surface area contributed by atoms with Crippen LogP contribution in [0.2, 0.25) is 0 Å². The fourth-order valence-electron chi connectivity index (χ4n) is 2.55. The summed E-state index contributed by atoms with van der Waals surface area (Å²) in [5, 5.41) is 15.9. The van der Waals surface area contributed by atoms with Gasteiger partial charge in [0.15, 0.2) is 0 Å². The van der Waals surface area contributed by atoms with Crippen LogP contribution in [-0.4, -0.2) is 32.7 Å². The van der Waals surface area contributed by atoms with Crippen molar-refractivity contribution in [2.45, 2.75) is 19.9 Å². The molecule has 3 aromatic rings. The molecule has 0 unspecified atom stereocenters. The molecule has 1 atom stereocenters. The first kappa shape index (κ1) is 20.2. The monoisotopic (exact) mass is 445 g/mol. The van der Waals surface area contributed by atoms with E-state index in [2.05, 4.69) is 41.5 Å². The van der Waals surface area contributed by atoms with Crippen LogP contribution in [0, 0.1) is 11.7 Å². The maximum Gasteiger partial charge on any atom is 0.225 e. The summed E-state index contributed by atoms with van der Waals surface area (Å²) in [5.74, 6) is 0.686. The number of aliphatic hydroxyl groups excluding tert-OH is 1. The number of nitrogens with one attached hydrogen (secondary N) is 2. The van der Waals surface area contributed by atoms with Gasteiger partial charge < -0.3 is 15.7 Å². The summed E-state index contributed by atoms with van der Waals surface area (Å²) in [6.07, 6.45) is 3.40. The zero-order valence-electron chi connectivity index (χ0n) is 15.5. The van der Waals surface area contributed by atoms with Crippen LogP contribution in [0.25, 0.3) is 11.3 Å². The molecule has 0 aliphatic carbocycles. The molecule has 0 spiro atoms. The van der Waals surface area contributed by atoms with Crippen LogP contribution in [-0.2, 0) is 0 Å². The molecule has 28 heavy (non-hydrogen) atoms. The summed E-state index contributed by atoms with van der Waals surface area (Å²) >= 11 is 3.15. The van der Waals surface area contributed by atoms with Crippen LogP contribution in [0.5, 0.6) is 0 Å². The molecule has 3 rings (SSSR count). The average Bonchev–Trinajstić information content (AvgIpc) is 2.69. The normalized spacial score (nSPS) is 12.1. The van der Waals surface area contributed by atoms with E-state index in [1.54, 1.807) is 30.6 Å². The SMILES string of the molecule is CC(C)[C@H](CO)Nc1nc(Nc2ccc(Br)c(F)c2)cc(-c2cccnc2)n1. The van der Waals surface area contributed by atoms with Crippen LogP contribution >= 0.6 is 15.9 Å². The van der Waals surface area contributed by atoms with Crippen LogP contribution in [0.3, 0.4) is 0 Å². The maximum atomic E-state index is 13.8. The molecule has 2 heterocycles. The summed E-state index contributed by atoms with van der Waals surface area (Å²) < 4.78 is 14.2. The Kier molecular flexibility index (Phi) is 6.53. The van der Waals surface area contributed by atoms with Gasteiger partial charge in [-0.25, -0.2) is 9.37 Å². The molecule has 2 aromatic heterocycles. The topological polar surface area (TPSA) is 83.0 Å². The third-order valence-corrected chi connectivity index (χ3v) is 4.83. The molecule has 3 N–H and O–H groups in total. The van der Waals surface area contributed by atoms with E-state index in [4.69, 9.17) is 0 Å². The fourth-order valence-corrected chi connectivity index (χ4v) is 2.80. The van der Waals surface area contributed by atoms with Crippen molar-refractivity contribution in [3.05, 3.63) is 59.1 Å². The number of aliphatic hydroxyl groups is 1. The van der Waals surface area contributed by atoms with Gasteiger partial charge in [-0.1, -0.05) is 13.8 Å². The Bertz CT molecular complexity index is 939. The van der Waals surface area contributed by atoms with Crippen molar-refractivity contribution < 1.29 is 9.50 Å². The molecule has 8 heteroatoms. The number of anilines is 3. The van der Waals surface area contributed by atoms with E-state index in [0.717, 1.165) is 5.56 Å². The Morgan fingerprint density at radius 1 is 1.18 bits per heavy atom. The summed E-state index contributed by atoms with van der Waals surface area (Å²) in [6.45, 7) is 3.96. The van der Waals surface area contributed by atoms with E-state index < -0.39 is 0 Å². The lowest BCUT2D eigenvalue weighted by atomic mass is 10.1. The van der Waals surface area contributed by atoms with Crippen molar-refractivity contribution in [1.29, 1.82) is 0 Å². The highest BCUT2D eigenvalue weighted by atomic mass is 79.9. The van der Waals surface area contributed by atoms with Crippen LogP contribution in [0.15, 0.2) is 53.3 Å². The van der Waals surface area contributed by atoms with Gasteiger partial charge in [-0.05, 0) is 52.2 Å². The molecule has 1 aromatic carbocycles. The van der Waals surface area contributed by atoms with Crippen molar-refractivity contribution in [2.24, 2.45) is 5.92 Å². The van der Waals surface area contributed by atoms with Crippen LogP contribution in [0.4, 0.5) is 21.8 Å². The lowest BCUT2D eigenvalue weighted by Gasteiger charge is -2.20. The summed E-state index contributed by atoms with van der Waals surface area (Å²) in [6, 6.07) is 10.1. The van der Waals surface area contributed by atoms with Gasteiger partial charge in [-0.15, -0.1) is 0 Å². The Morgan fingerprint density at radius 3 is 2.64 bits per heavy atom. The second-order valence-electron chi connectivity index (χ2n) is 6.64. The molecule has 0 radical (unpaired) electrons. The van der Waals surface area contributed by atoms with Gasteiger partial charge >= 0.3 is 0 Å². The second-order valence-corrected chi connectivity index (χ2v) is 7.49. The van der Waals surface area contributed by atoms with E-state index in [9.17, 15) is 9.50 Å². The standard InChI is InChI=1S/C20H21BrFN5O/c1-12(2)18(11-28)26-20-25-17(13-4-3-7-23-10-13)9-19(27-20)24-14-5-6-15(21)16(22)8-14/h3-10,12,18,28H,11H2,1-2H3,(H2,24,25,26,27)/t18-/m0/s1. The molecular formula is C20H21BrFN5O. The molecule has 146 valence electrons. The van der Waals surface area contributed by atoms with E-state index in [-0.39, 0.29) is 24.4 Å². The lowest BCUT2D eigenvalue weighted by Crippen LogP contribution is -2.30. The minimum Gasteiger partial charge on any atom is -0.394 e. The summed E-state index contributed by atoms with van der Waals surface area (Å²) in [5.41, 5.74) is 2.04. The third-order valence-electron chi connectivity index (χ3n) is 4.19. The number of nitrogens with zero attached hydrogens (tertiary/aromatic N) is 3. The number of hydrogen-bond donors (Lipinski definition) is 3. The van der Waals surface area contributed by atoms with Gasteiger partial charge in [0.1, 0.15) is 11.6 Å². The minimum atomic E-state index is -0.370. The molecule has 0 aliphatic rings. The number of halogens is 2. The van der Waals surface area contributed by atoms with Crippen molar-refractivity contribution >= 4 is 33.4 Å². The molecule has 0 bridgehead atoms. The second kappa shape index (κ2) is 9.07. The van der Waals surface area contributed by atoms with E-state index in [1.807, 2.05) is 26.0 Å². The fraction of sp³-hybridized carbons (Fsp3) is 0.250. The van der Waals surface area contributed by atoms with Crippen molar-refractivity contribution in [3.63, 3.8) is 0 Å². The van der Waals surface area contributed by atoms with E-state index in [0.29, 0.717) is 27.6 Å². The predicted molar refractivity (Wildman–Crippen MR) is 112 cm³/mol. The third kappa shape index (κ3) is 5.02. The molecule has 0 saturated carbocycles. The number of hydrogen-bond acceptors (Lipinski definition) is 6. The molecular weight excluding hydrogens is 425 g/mol. The zero-order chi connectivity index (χ0) is 20.1. The zero-order valence-corrected chi connectivity index (χ0v) is 17.1. The first-order valence-corrected chi connectivity index (χ1v) is 9.64. The quantitative estimate of drug-likeness (QED) is 0.492. The molecule has 0 saturated heterocycles. The van der Waals surface area contributed by atoms with Gasteiger partial charge in [0, 0.05) is 29.7 Å². The van der Waals surface area contributed by atoms with Crippen molar-refractivity contribution in [1.82, 2.24) is 15.0 Å². The highest BCUT2D eigenvalue weighted by molar-refractivity contribution is 9.10. The molecule has 6 nitrogen and oxygen atoms in total. The van der Waals surface area contributed by atoms with E-state index in [1.165, 1.54) is 6.07 Å². The first-order valence-electron chi connectivity index (χ1n) is 8.85. The van der Waals surface area contributed by atoms with Crippen molar-refractivity contribution in [3.8, 4) is 11.3 Å². The Morgan fingerprint density at radius 2 is 2.00 bits per heavy atom. The summed E-state index contributed by atoms with van der Waals surface area (Å²) in [7, 11) is 0. The Balaban J connectivity index is 1.97. The van der Waals surface area contributed by atoms with Gasteiger partial charge in [-0.3, -0.25) is 4.98 Å². The highest BCUT2D eigenvalue weighted by Crippen LogP contribution is 2.26. The number of pyridine rings is 1. The van der Waals surface area contributed by atoms with Gasteiger partial charge in [-0.2, -0.15) is 4.98 Å². The lowest BCUT2D eigenvalue weighted by molar-refractivity contribution is 0.248. The number of rotatable bonds is 7. The molecule has 0 amide bonds. The van der Waals surface area contributed by atoms with Crippen molar-refractivity contribution in [2.75, 3.05) is 17.2 Å². The van der Waals surface area contributed by atoms with E-state index >= 15 is 0 Å². The van der Waals surface area contributed by atoms with Gasteiger partial charge in [0.05, 0.1) is 22.8 Å². The smallest absolute Gasteiger partial charge is 0.225 e. The average molecular weight is 446 g/mol. The number of benzene rings is 1. The van der Waals surface area contributed by atoms with Gasteiger partial charge in [0.2, 0.25) is 5.95 Å². The molecule has 0 aliphatic heterocycles. The first-order chi connectivity index (χ1) is 13.5. The summed E-state index contributed by atoms with van der Waals surface area (Å²) in [4.78, 5) is 13.2. The maximum absolute atomic E-state index is 13.8. The van der Waals surface area contributed by atoms with Gasteiger partial charge in [0.25, 0.3) is 0 Å². The molecule has 0 fully saturated rings. The highest BCUT2D eigenvalue weighted by Gasteiger charge is 2.15.